The van der Waals surface area contributed by atoms with Crippen LogP contribution in [0, 0.1) is 6.92 Å². The lowest BCUT2D eigenvalue weighted by molar-refractivity contribution is -0.117. The predicted octanol–water partition coefficient (Wildman–Crippen LogP) is 2.68. The summed E-state index contributed by atoms with van der Waals surface area (Å²) in [5, 5.41) is 0. The first-order valence-corrected chi connectivity index (χ1v) is 6.87. The first-order chi connectivity index (χ1) is 9.97. The van der Waals surface area contributed by atoms with E-state index in [2.05, 4.69) is 6.07 Å². The van der Waals surface area contributed by atoms with E-state index in [1.165, 1.54) is 5.56 Å². The number of carbonyl (C=O) groups is 1. The van der Waals surface area contributed by atoms with E-state index in [-0.39, 0.29) is 5.91 Å². The molecule has 0 unspecified atom stereocenters. The SMILES string of the molecule is Cc1cccc(N(C)CC(=O)N(C)c2ccc(N)cc2)c1. The van der Waals surface area contributed by atoms with E-state index in [0.29, 0.717) is 12.2 Å². The molecular formula is C17H21N3O. The van der Waals surface area contributed by atoms with Crippen molar-refractivity contribution in [1.82, 2.24) is 0 Å². The van der Waals surface area contributed by atoms with Crippen molar-refractivity contribution >= 4 is 23.0 Å². The van der Waals surface area contributed by atoms with Gasteiger partial charge in [0, 0.05) is 31.2 Å². The molecule has 0 atom stereocenters. The predicted molar refractivity (Wildman–Crippen MR) is 88.7 cm³/mol. The average Bonchev–Trinajstić information content (AvgIpc) is 2.47. The van der Waals surface area contributed by atoms with Crippen LogP contribution in [0.4, 0.5) is 17.1 Å². The van der Waals surface area contributed by atoms with Crippen molar-refractivity contribution in [3.05, 3.63) is 54.1 Å². The molecule has 1 amide bonds. The number of likely N-dealkylation sites (N-methyl/N-ethyl adjacent to an activating group) is 2. The van der Waals surface area contributed by atoms with Gasteiger partial charge in [0.05, 0.1) is 6.54 Å². The molecule has 0 saturated heterocycles. The fraction of sp³-hybridized carbons (Fsp3) is 0.235. The molecule has 2 aromatic rings. The van der Waals surface area contributed by atoms with Crippen LogP contribution in [0.5, 0.6) is 0 Å². The van der Waals surface area contributed by atoms with Gasteiger partial charge in [-0.3, -0.25) is 4.79 Å². The van der Waals surface area contributed by atoms with Crippen LogP contribution in [0.15, 0.2) is 48.5 Å². The van der Waals surface area contributed by atoms with E-state index < -0.39 is 0 Å². The first kappa shape index (κ1) is 14.9. The molecule has 4 heteroatoms. The van der Waals surface area contributed by atoms with Gasteiger partial charge in [-0.15, -0.1) is 0 Å². The molecule has 2 aromatic carbocycles. The van der Waals surface area contributed by atoms with Crippen molar-refractivity contribution in [2.75, 3.05) is 36.2 Å². The van der Waals surface area contributed by atoms with Gasteiger partial charge in [0.1, 0.15) is 0 Å². The van der Waals surface area contributed by atoms with Gasteiger partial charge < -0.3 is 15.5 Å². The summed E-state index contributed by atoms with van der Waals surface area (Å²) in [6, 6.07) is 15.4. The zero-order valence-corrected chi connectivity index (χ0v) is 12.7. The number of carbonyl (C=O) groups excluding carboxylic acids is 1. The zero-order chi connectivity index (χ0) is 15.4. The van der Waals surface area contributed by atoms with Crippen LogP contribution >= 0.6 is 0 Å². The lowest BCUT2D eigenvalue weighted by Crippen LogP contribution is -2.36. The number of benzene rings is 2. The third-order valence-electron chi connectivity index (χ3n) is 3.47. The van der Waals surface area contributed by atoms with Crippen LogP contribution in [0.1, 0.15) is 5.56 Å². The first-order valence-electron chi connectivity index (χ1n) is 6.87. The third kappa shape index (κ3) is 3.75. The van der Waals surface area contributed by atoms with Crippen molar-refractivity contribution in [2.24, 2.45) is 0 Å². The van der Waals surface area contributed by atoms with E-state index in [1.807, 2.05) is 49.2 Å². The molecule has 0 aromatic heterocycles. The van der Waals surface area contributed by atoms with Crippen molar-refractivity contribution < 1.29 is 4.79 Å². The van der Waals surface area contributed by atoms with Gasteiger partial charge in [0.15, 0.2) is 0 Å². The fourth-order valence-corrected chi connectivity index (χ4v) is 2.11. The van der Waals surface area contributed by atoms with Crippen molar-refractivity contribution in [1.29, 1.82) is 0 Å². The molecule has 0 saturated carbocycles. The van der Waals surface area contributed by atoms with E-state index >= 15 is 0 Å². The van der Waals surface area contributed by atoms with Gasteiger partial charge in [-0.25, -0.2) is 0 Å². The summed E-state index contributed by atoms with van der Waals surface area (Å²) in [5.74, 6) is 0.0313. The van der Waals surface area contributed by atoms with Crippen LogP contribution < -0.4 is 15.5 Å². The summed E-state index contributed by atoms with van der Waals surface area (Å²) in [7, 11) is 3.70. The highest BCUT2D eigenvalue weighted by atomic mass is 16.2. The molecule has 110 valence electrons. The standard InChI is InChI=1S/C17H21N3O/c1-13-5-4-6-16(11-13)19(2)12-17(21)20(3)15-9-7-14(18)8-10-15/h4-11H,12,18H2,1-3H3. The van der Waals surface area contributed by atoms with E-state index in [0.717, 1.165) is 11.4 Å². The quantitative estimate of drug-likeness (QED) is 0.878. The Kier molecular flexibility index (Phi) is 4.48. The second-order valence-corrected chi connectivity index (χ2v) is 5.24. The van der Waals surface area contributed by atoms with Gasteiger partial charge in [0.2, 0.25) is 5.91 Å². The summed E-state index contributed by atoms with van der Waals surface area (Å²) < 4.78 is 0. The number of aryl methyl sites for hydroxylation is 1. The second-order valence-electron chi connectivity index (χ2n) is 5.24. The van der Waals surface area contributed by atoms with Gasteiger partial charge in [-0.2, -0.15) is 0 Å². The molecule has 0 heterocycles. The Morgan fingerprint density at radius 3 is 2.33 bits per heavy atom. The van der Waals surface area contributed by atoms with Gasteiger partial charge in [-0.05, 0) is 48.9 Å². The zero-order valence-electron chi connectivity index (χ0n) is 12.7. The Labute approximate surface area is 125 Å². The number of anilines is 3. The highest BCUT2D eigenvalue weighted by Crippen LogP contribution is 2.17. The van der Waals surface area contributed by atoms with Crippen LogP contribution in [-0.4, -0.2) is 26.5 Å². The molecule has 0 fully saturated rings. The van der Waals surface area contributed by atoms with E-state index in [4.69, 9.17) is 5.73 Å². The maximum absolute atomic E-state index is 12.4. The fourth-order valence-electron chi connectivity index (χ4n) is 2.11. The molecule has 2 N–H and O–H groups in total. The summed E-state index contributed by atoms with van der Waals surface area (Å²) in [6.07, 6.45) is 0. The van der Waals surface area contributed by atoms with Gasteiger partial charge >= 0.3 is 0 Å². The molecule has 0 radical (unpaired) electrons. The van der Waals surface area contributed by atoms with Crippen LogP contribution in [-0.2, 0) is 4.79 Å². The highest BCUT2D eigenvalue weighted by molar-refractivity contribution is 5.96. The molecule has 0 bridgehead atoms. The van der Waals surface area contributed by atoms with Crippen LogP contribution in [0.25, 0.3) is 0 Å². The summed E-state index contributed by atoms with van der Waals surface area (Å²) in [6.45, 7) is 2.37. The highest BCUT2D eigenvalue weighted by Gasteiger charge is 2.13. The molecule has 4 nitrogen and oxygen atoms in total. The lowest BCUT2D eigenvalue weighted by atomic mass is 10.2. The van der Waals surface area contributed by atoms with Crippen molar-refractivity contribution in [3.8, 4) is 0 Å². The maximum atomic E-state index is 12.4. The number of nitrogen functional groups attached to an aromatic ring is 1. The van der Waals surface area contributed by atoms with Crippen LogP contribution in [0.2, 0.25) is 0 Å². The molecule has 0 spiro atoms. The molecular weight excluding hydrogens is 262 g/mol. The van der Waals surface area contributed by atoms with Crippen molar-refractivity contribution in [3.63, 3.8) is 0 Å². The normalized spacial score (nSPS) is 10.2. The number of nitrogens with two attached hydrogens (primary N) is 1. The third-order valence-corrected chi connectivity index (χ3v) is 3.47. The summed E-state index contributed by atoms with van der Waals surface area (Å²) >= 11 is 0. The minimum atomic E-state index is 0.0313. The monoisotopic (exact) mass is 283 g/mol. The molecule has 0 aliphatic carbocycles. The van der Waals surface area contributed by atoms with E-state index in [9.17, 15) is 4.79 Å². The lowest BCUT2D eigenvalue weighted by Gasteiger charge is -2.23. The topological polar surface area (TPSA) is 49.6 Å². The smallest absolute Gasteiger partial charge is 0.246 e. The molecule has 0 aliphatic heterocycles. The second kappa shape index (κ2) is 6.31. The Morgan fingerprint density at radius 1 is 1.05 bits per heavy atom. The maximum Gasteiger partial charge on any atom is 0.246 e. The number of hydrogen-bond donors (Lipinski definition) is 1. The Morgan fingerprint density at radius 2 is 1.71 bits per heavy atom. The minimum Gasteiger partial charge on any atom is -0.399 e. The Balaban J connectivity index is 2.05. The number of amides is 1. The van der Waals surface area contributed by atoms with Gasteiger partial charge in [0.25, 0.3) is 0 Å². The average molecular weight is 283 g/mol. The van der Waals surface area contributed by atoms with E-state index in [1.54, 1.807) is 24.1 Å². The Hall–Kier alpha value is -2.49. The summed E-state index contributed by atoms with van der Waals surface area (Å²) in [5.41, 5.74) is 9.41. The Bertz CT molecular complexity index is 622. The molecule has 0 aliphatic rings. The number of rotatable bonds is 4. The molecule has 21 heavy (non-hydrogen) atoms. The number of hydrogen-bond acceptors (Lipinski definition) is 3. The summed E-state index contributed by atoms with van der Waals surface area (Å²) in [4.78, 5) is 15.9. The van der Waals surface area contributed by atoms with Crippen molar-refractivity contribution in [2.45, 2.75) is 6.92 Å². The van der Waals surface area contributed by atoms with Gasteiger partial charge in [-0.1, -0.05) is 12.1 Å². The number of nitrogens with zero attached hydrogens (tertiary/aromatic N) is 2. The van der Waals surface area contributed by atoms with Crippen LogP contribution in [0.3, 0.4) is 0 Å². The minimum absolute atomic E-state index is 0.0313. The molecule has 2 rings (SSSR count). The largest absolute Gasteiger partial charge is 0.399 e.